The van der Waals surface area contributed by atoms with Gasteiger partial charge in [0.25, 0.3) is 0 Å². The lowest BCUT2D eigenvalue weighted by atomic mass is 9.85. The van der Waals surface area contributed by atoms with E-state index in [4.69, 9.17) is 13.7 Å². The average molecular weight is 576 g/mol. The van der Waals surface area contributed by atoms with Gasteiger partial charge in [-0.2, -0.15) is 25.6 Å². The van der Waals surface area contributed by atoms with E-state index in [1.807, 2.05) is 20.8 Å². The highest BCUT2D eigenvalue weighted by Crippen LogP contribution is 2.38. The molecule has 0 aliphatic heterocycles. The number of hydrogen-bond acceptors (Lipinski definition) is 9. The van der Waals surface area contributed by atoms with Crippen molar-refractivity contribution < 1.29 is 43.6 Å². The molecular formula is C25H31F2NO8S2. The molecule has 38 heavy (non-hydrogen) atoms. The fourth-order valence-corrected chi connectivity index (χ4v) is 6.00. The Kier molecular flexibility index (Phi) is 8.56. The van der Waals surface area contributed by atoms with Gasteiger partial charge in [-0.25, -0.2) is 0 Å². The zero-order valence-electron chi connectivity index (χ0n) is 21.9. The number of nitrogens with zero attached hydrogens (tertiary/aromatic N) is 1. The molecule has 1 atom stereocenters. The summed E-state index contributed by atoms with van der Waals surface area (Å²) in [7, 11) is -9.62. The molecule has 0 N–H and O–H groups in total. The Labute approximate surface area is 222 Å². The Bertz CT molecular complexity index is 1400. The van der Waals surface area contributed by atoms with E-state index < -0.39 is 36.0 Å². The summed E-state index contributed by atoms with van der Waals surface area (Å²) >= 11 is 0. The van der Waals surface area contributed by atoms with Crippen molar-refractivity contribution >= 4 is 25.9 Å². The lowest BCUT2D eigenvalue weighted by molar-refractivity contribution is 0.142. The number of methoxy groups -OCH3 is 2. The minimum Gasteiger partial charge on any atom is -0.380 e. The van der Waals surface area contributed by atoms with Crippen LogP contribution in [0.2, 0.25) is 0 Å². The van der Waals surface area contributed by atoms with Crippen molar-refractivity contribution in [3.8, 4) is 5.75 Å². The van der Waals surface area contributed by atoms with Gasteiger partial charge in [0.1, 0.15) is 0 Å². The van der Waals surface area contributed by atoms with Gasteiger partial charge in [-0.15, -0.1) is 0 Å². The Morgan fingerprint density at radius 2 is 1.50 bits per heavy atom. The van der Waals surface area contributed by atoms with Gasteiger partial charge >= 0.3 is 24.8 Å². The molecule has 1 aliphatic rings. The topological polar surface area (TPSA) is 118 Å². The number of ether oxygens (including phenoxy) is 2. The van der Waals surface area contributed by atoms with Crippen LogP contribution in [-0.4, -0.2) is 41.4 Å². The monoisotopic (exact) mass is 575 g/mol. The highest BCUT2D eigenvalue weighted by Gasteiger charge is 2.63. The molecule has 210 valence electrons. The van der Waals surface area contributed by atoms with Crippen molar-refractivity contribution in [2.24, 2.45) is 11.1 Å². The molecule has 1 unspecified atom stereocenters. The first-order valence-electron chi connectivity index (χ1n) is 11.6. The summed E-state index contributed by atoms with van der Waals surface area (Å²) in [6, 6.07) is 9.96. The lowest BCUT2D eigenvalue weighted by Gasteiger charge is -2.24. The quantitative estimate of drug-likeness (QED) is 0.301. The average Bonchev–Trinajstić information content (AvgIpc) is 3.13. The van der Waals surface area contributed by atoms with Gasteiger partial charge in [0.15, 0.2) is 5.75 Å². The molecule has 0 radical (unpaired) electrons. The molecule has 0 aromatic heterocycles. The fourth-order valence-electron chi connectivity index (χ4n) is 4.02. The molecule has 2 aromatic rings. The molecule has 0 fully saturated rings. The first kappa shape index (κ1) is 29.9. The van der Waals surface area contributed by atoms with E-state index in [0.717, 1.165) is 11.1 Å². The number of alkyl halides is 2. The molecule has 0 spiro atoms. The van der Waals surface area contributed by atoms with E-state index in [0.29, 0.717) is 12.0 Å². The first-order chi connectivity index (χ1) is 17.6. The largest absolute Gasteiger partial charge is 0.519 e. The maximum Gasteiger partial charge on any atom is 0.519 e. The van der Waals surface area contributed by atoms with Gasteiger partial charge in [-0.3, -0.25) is 4.28 Å². The van der Waals surface area contributed by atoms with Crippen LogP contribution in [0.25, 0.3) is 0 Å². The summed E-state index contributed by atoms with van der Waals surface area (Å²) in [4.78, 5) is 0. The van der Waals surface area contributed by atoms with Crippen molar-refractivity contribution in [3.63, 3.8) is 0 Å². The summed E-state index contributed by atoms with van der Waals surface area (Å²) in [5.41, 5.74) is 2.02. The Morgan fingerprint density at radius 1 is 0.947 bits per heavy atom. The zero-order chi connectivity index (χ0) is 28.5. The van der Waals surface area contributed by atoms with Crippen molar-refractivity contribution in [3.05, 3.63) is 64.2 Å². The van der Waals surface area contributed by atoms with E-state index in [-0.39, 0.29) is 36.0 Å². The van der Waals surface area contributed by atoms with Gasteiger partial charge in [0, 0.05) is 36.8 Å². The minimum atomic E-state index is -6.15. The third kappa shape index (κ3) is 5.85. The highest BCUT2D eigenvalue weighted by atomic mass is 32.3. The standard InChI is InChI=1S/C25H31F2NO8S2/c1-16-11-17-9-7-8-10-21(17)22(16)28-36-38(31,32)25(26,27)37(29,30)35-23-18(14-33-5)12-20(24(2,3)4)13-19(23)15-34-6/h7-10,12-13,16H,11,14-15H2,1-6H3/b28-22-. The second-order valence-corrected chi connectivity index (χ2v) is 13.4. The molecular weight excluding hydrogens is 544 g/mol. The van der Waals surface area contributed by atoms with Gasteiger partial charge in [-0.1, -0.05) is 57.1 Å². The summed E-state index contributed by atoms with van der Waals surface area (Å²) < 4.78 is 94.4. The molecule has 13 heteroatoms. The first-order valence-corrected chi connectivity index (χ1v) is 14.4. The van der Waals surface area contributed by atoms with Gasteiger partial charge in [0.05, 0.1) is 18.9 Å². The van der Waals surface area contributed by atoms with Crippen LogP contribution < -0.4 is 4.18 Å². The van der Waals surface area contributed by atoms with Crippen molar-refractivity contribution in [1.29, 1.82) is 0 Å². The molecule has 1 aliphatic carbocycles. The van der Waals surface area contributed by atoms with E-state index in [1.54, 1.807) is 43.3 Å². The molecule has 3 rings (SSSR count). The highest BCUT2D eigenvalue weighted by molar-refractivity contribution is 8.05. The molecule has 0 saturated heterocycles. The van der Waals surface area contributed by atoms with Crippen LogP contribution in [0.15, 0.2) is 41.6 Å². The van der Waals surface area contributed by atoms with Crippen molar-refractivity contribution in [1.82, 2.24) is 0 Å². The Morgan fingerprint density at radius 3 is 2.03 bits per heavy atom. The third-order valence-electron chi connectivity index (χ3n) is 6.00. The normalized spacial score (nSPS) is 17.5. The van der Waals surface area contributed by atoms with Crippen LogP contribution in [0.3, 0.4) is 0 Å². The lowest BCUT2D eigenvalue weighted by Crippen LogP contribution is -2.41. The molecule has 0 heterocycles. The van der Waals surface area contributed by atoms with Crippen LogP contribution in [0.5, 0.6) is 5.75 Å². The molecule has 2 aromatic carbocycles. The fraction of sp³-hybridized carbons (Fsp3) is 0.480. The zero-order valence-corrected chi connectivity index (χ0v) is 23.6. The third-order valence-corrected chi connectivity index (χ3v) is 9.05. The molecule has 0 amide bonds. The second kappa shape index (κ2) is 10.9. The SMILES string of the molecule is COCc1cc(C(C)(C)C)cc(COC)c1OS(=O)(=O)C(F)(F)S(=O)(=O)O/N=C1\c2ccccc2CC1C. The number of fused-ring (bicyclic) bond motifs is 1. The smallest absolute Gasteiger partial charge is 0.380 e. The van der Waals surface area contributed by atoms with E-state index >= 15 is 8.78 Å². The summed E-state index contributed by atoms with van der Waals surface area (Å²) in [5, 5.41) is 3.43. The predicted octanol–water partition coefficient (Wildman–Crippen LogP) is 4.48. The summed E-state index contributed by atoms with van der Waals surface area (Å²) in [6.07, 6.45) is 0.491. The van der Waals surface area contributed by atoms with Gasteiger partial charge in [-0.05, 0) is 35.1 Å². The Balaban J connectivity index is 2.00. The number of halogens is 2. The number of oxime groups is 1. The van der Waals surface area contributed by atoms with E-state index in [1.165, 1.54) is 14.2 Å². The Hall–Kier alpha value is -2.61. The van der Waals surface area contributed by atoms with Crippen LogP contribution >= 0.6 is 0 Å². The summed E-state index contributed by atoms with van der Waals surface area (Å²) in [5.74, 6) is -0.847. The minimum absolute atomic E-state index is 0.112. The maximum atomic E-state index is 15.1. The van der Waals surface area contributed by atoms with Gasteiger partial charge < -0.3 is 13.7 Å². The molecule has 0 saturated carbocycles. The van der Waals surface area contributed by atoms with E-state index in [9.17, 15) is 16.8 Å². The van der Waals surface area contributed by atoms with Crippen LogP contribution in [-0.2, 0) is 59.0 Å². The molecule has 0 bridgehead atoms. The van der Waals surface area contributed by atoms with Crippen molar-refractivity contribution in [2.75, 3.05) is 14.2 Å². The van der Waals surface area contributed by atoms with Crippen molar-refractivity contribution in [2.45, 2.75) is 57.3 Å². The van der Waals surface area contributed by atoms with E-state index in [2.05, 4.69) is 9.44 Å². The second-order valence-electron chi connectivity index (χ2n) is 10.0. The molecule has 9 nitrogen and oxygen atoms in total. The van der Waals surface area contributed by atoms with Crippen LogP contribution in [0.1, 0.15) is 55.5 Å². The maximum absolute atomic E-state index is 15.1. The van der Waals surface area contributed by atoms with Crippen LogP contribution in [0, 0.1) is 5.92 Å². The number of hydrogen-bond donors (Lipinski definition) is 0. The number of rotatable bonds is 10. The summed E-state index contributed by atoms with van der Waals surface area (Å²) in [6.45, 7) is 7.00. The predicted molar refractivity (Wildman–Crippen MR) is 137 cm³/mol. The number of benzene rings is 2. The van der Waals surface area contributed by atoms with Crippen LogP contribution in [0.4, 0.5) is 8.78 Å². The van der Waals surface area contributed by atoms with Gasteiger partial charge in [0.2, 0.25) is 0 Å².